The lowest BCUT2D eigenvalue weighted by atomic mass is 10.1. The summed E-state index contributed by atoms with van der Waals surface area (Å²) in [5.41, 5.74) is 0.880. The largest absolute Gasteiger partial charge is 0.416 e. The van der Waals surface area contributed by atoms with Gasteiger partial charge in [-0.1, -0.05) is 24.3 Å². The summed E-state index contributed by atoms with van der Waals surface area (Å²) in [6.07, 6.45) is -0.864. The molecule has 3 rings (SSSR count). The van der Waals surface area contributed by atoms with Crippen LogP contribution in [0.25, 0.3) is 10.8 Å². The third-order valence-corrected chi connectivity index (χ3v) is 3.91. The summed E-state index contributed by atoms with van der Waals surface area (Å²) >= 11 is 5.27. The zero-order chi connectivity index (χ0) is 17.9. The van der Waals surface area contributed by atoms with Gasteiger partial charge in [-0.3, -0.25) is 4.98 Å². The zero-order valence-electron chi connectivity index (χ0n) is 13.0. The molecule has 0 fully saturated rings. The number of hydrogen-bond donors (Lipinski definition) is 2. The minimum Gasteiger partial charge on any atom is -0.358 e. The molecular formula is C18H14F3N3S. The Morgan fingerprint density at radius 2 is 1.80 bits per heavy atom. The number of thiocarbonyl (C=S) groups is 1. The van der Waals surface area contributed by atoms with Crippen molar-refractivity contribution in [2.75, 3.05) is 5.32 Å². The summed E-state index contributed by atoms with van der Waals surface area (Å²) < 4.78 is 37.7. The SMILES string of the molecule is FC(F)(F)c1ccc(CNC(=S)Nc2cccc3cnccc23)cc1. The molecule has 0 atom stereocenters. The highest BCUT2D eigenvalue weighted by Crippen LogP contribution is 2.29. The Kier molecular flexibility index (Phi) is 4.85. The van der Waals surface area contributed by atoms with Gasteiger partial charge < -0.3 is 10.6 Å². The number of aromatic nitrogens is 1. The van der Waals surface area contributed by atoms with E-state index in [9.17, 15) is 13.2 Å². The van der Waals surface area contributed by atoms with Crippen molar-refractivity contribution >= 4 is 33.8 Å². The lowest BCUT2D eigenvalue weighted by Gasteiger charge is -2.13. The van der Waals surface area contributed by atoms with E-state index in [1.54, 1.807) is 12.4 Å². The van der Waals surface area contributed by atoms with E-state index in [4.69, 9.17) is 12.2 Å². The van der Waals surface area contributed by atoms with Gasteiger partial charge in [0.05, 0.1) is 5.56 Å². The monoisotopic (exact) mass is 361 g/mol. The average molecular weight is 361 g/mol. The molecule has 3 aromatic rings. The highest BCUT2D eigenvalue weighted by atomic mass is 32.1. The first-order valence-electron chi connectivity index (χ1n) is 7.47. The van der Waals surface area contributed by atoms with Gasteiger partial charge in [0.1, 0.15) is 0 Å². The summed E-state index contributed by atoms with van der Waals surface area (Å²) in [5, 5.41) is 8.46. The maximum absolute atomic E-state index is 12.6. The van der Waals surface area contributed by atoms with Crippen molar-refractivity contribution in [2.24, 2.45) is 0 Å². The number of pyridine rings is 1. The first-order chi connectivity index (χ1) is 11.9. The molecule has 7 heteroatoms. The predicted octanol–water partition coefficient (Wildman–Crippen LogP) is 4.74. The highest BCUT2D eigenvalue weighted by Gasteiger charge is 2.29. The number of halogens is 3. The maximum atomic E-state index is 12.6. The van der Waals surface area contributed by atoms with E-state index >= 15 is 0 Å². The van der Waals surface area contributed by atoms with Gasteiger partial charge in [0.15, 0.2) is 5.11 Å². The Morgan fingerprint density at radius 3 is 2.52 bits per heavy atom. The first kappa shape index (κ1) is 17.2. The third-order valence-electron chi connectivity index (χ3n) is 3.66. The number of anilines is 1. The molecule has 2 aromatic carbocycles. The molecule has 0 radical (unpaired) electrons. The second kappa shape index (κ2) is 7.06. The van der Waals surface area contributed by atoms with E-state index in [2.05, 4.69) is 15.6 Å². The Morgan fingerprint density at radius 1 is 1.04 bits per heavy atom. The molecule has 0 saturated heterocycles. The van der Waals surface area contributed by atoms with Gasteiger partial charge in [0, 0.05) is 35.4 Å². The average Bonchev–Trinajstić information content (AvgIpc) is 2.60. The predicted molar refractivity (Wildman–Crippen MR) is 96.2 cm³/mol. The Bertz CT molecular complexity index is 887. The van der Waals surface area contributed by atoms with E-state index < -0.39 is 11.7 Å². The van der Waals surface area contributed by atoms with Crippen LogP contribution in [0.2, 0.25) is 0 Å². The van der Waals surface area contributed by atoms with Gasteiger partial charge in [0.25, 0.3) is 0 Å². The van der Waals surface area contributed by atoms with Crippen molar-refractivity contribution in [3.63, 3.8) is 0 Å². The molecule has 0 aliphatic heterocycles. The Hall–Kier alpha value is -2.67. The fraction of sp³-hybridized carbons (Fsp3) is 0.111. The van der Waals surface area contributed by atoms with Crippen LogP contribution in [0.1, 0.15) is 11.1 Å². The van der Waals surface area contributed by atoms with Crippen LogP contribution in [0.5, 0.6) is 0 Å². The van der Waals surface area contributed by atoms with E-state index in [0.29, 0.717) is 17.2 Å². The van der Waals surface area contributed by atoms with E-state index in [-0.39, 0.29) is 0 Å². The molecule has 0 aliphatic carbocycles. The lowest BCUT2D eigenvalue weighted by molar-refractivity contribution is -0.137. The van der Waals surface area contributed by atoms with Gasteiger partial charge in [-0.05, 0) is 42.0 Å². The molecule has 0 unspecified atom stereocenters. The van der Waals surface area contributed by atoms with Crippen LogP contribution in [0, 0.1) is 0 Å². The van der Waals surface area contributed by atoms with Crippen molar-refractivity contribution in [1.82, 2.24) is 10.3 Å². The van der Waals surface area contributed by atoms with Crippen LogP contribution < -0.4 is 10.6 Å². The van der Waals surface area contributed by atoms with Crippen LogP contribution >= 0.6 is 12.2 Å². The van der Waals surface area contributed by atoms with Gasteiger partial charge in [0.2, 0.25) is 0 Å². The minimum atomic E-state index is -4.33. The zero-order valence-corrected chi connectivity index (χ0v) is 13.8. The minimum absolute atomic E-state index is 0.330. The van der Waals surface area contributed by atoms with Crippen LogP contribution in [0.15, 0.2) is 60.9 Å². The number of nitrogens with zero attached hydrogens (tertiary/aromatic N) is 1. The number of nitrogens with one attached hydrogen (secondary N) is 2. The Balaban J connectivity index is 1.63. The van der Waals surface area contributed by atoms with Crippen molar-refractivity contribution in [2.45, 2.75) is 12.7 Å². The summed E-state index contributed by atoms with van der Waals surface area (Å²) in [5.74, 6) is 0. The molecule has 3 nitrogen and oxygen atoms in total. The van der Waals surface area contributed by atoms with Crippen molar-refractivity contribution in [3.8, 4) is 0 Å². The van der Waals surface area contributed by atoms with Crippen molar-refractivity contribution in [3.05, 3.63) is 72.1 Å². The quantitative estimate of drug-likeness (QED) is 0.661. The topological polar surface area (TPSA) is 37.0 Å². The lowest BCUT2D eigenvalue weighted by Crippen LogP contribution is -2.28. The number of benzene rings is 2. The van der Waals surface area contributed by atoms with Crippen LogP contribution in [-0.4, -0.2) is 10.1 Å². The fourth-order valence-electron chi connectivity index (χ4n) is 2.39. The molecule has 0 saturated carbocycles. The third kappa shape index (κ3) is 4.24. The molecule has 25 heavy (non-hydrogen) atoms. The van der Waals surface area contributed by atoms with Gasteiger partial charge >= 0.3 is 6.18 Å². The molecule has 128 valence electrons. The van der Waals surface area contributed by atoms with Crippen molar-refractivity contribution in [1.29, 1.82) is 0 Å². The Labute approximate surface area is 147 Å². The molecule has 0 aliphatic rings. The molecular weight excluding hydrogens is 347 g/mol. The summed E-state index contributed by atoms with van der Waals surface area (Å²) in [4.78, 5) is 4.08. The van der Waals surface area contributed by atoms with Crippen molar-refractivity contribution < 1.29 is 13.2 Å². The van der Waals surface area contributed by atoms with E-state index in [0.717, 1.165) is 28.6 Å². The maximum Gasteiger partial charge on any atom is 0.416 e. The van der Waals surface area contributed by atoms with Gasteiger partial charge in [-0.2, -0.15) is 13.2 Å². The first-order valence-corrected chi connectivity index (χ1v) is 7.88. The van der Waals surface area contributed by atoms with Crippen LogP contribution in [-0.2, 0) is 12.7 Å². The fourth-order valence-corrected chi connectivity index (χ4v) is 2.57. The second-order valence-electron chi connectivity index (χ2n) is 5.40. The molecule has 0 bridgehead atoms. The molecule has 0 amide bonds. The van der Waals surface area contributed by atoms with E-state index in [1.807, 2.05) is 24.3 Å². The molecule has 1 aromatic heterocycles. The second-order valence-corrected chi connectivity index (χ2v) is 5.81. The van der Waals surface area contributed by atoms with Gasteiger partial charge in [-0.15, -0.1) is 0 Å². The summed E-state index contributed by atoms with van der Waals surface area (Å²) in [6.45, 7) is 0.330. The van der Waals surface area contributed by atoms with Gasteiger partial charge in [-0.25, -0.2) is 0 Å². The summed E-state index contributed by atoms with van der Waals surface area (Å²) in [6, 6.07) is 12.6. The van der Waals surface area contributed by atoms with Crippen LogP contribution in [0.3, 0.4) is 0 Å². The molecule has 1 heterocycles. The van der Waals surface area contributed by atoms with E-state index in [1.165, 1.54) is 12.1 Å². The number of rotatable bonds is 3. The summed E-state index contributed by atoms with van der Waals surface area (Å²) in [7, 11) is 0. The normalized spacial score (nSPS) is 11.3. The number of hydrogen-bond acceptors (Lipinski definition) is 2. The standard InChI is InChI=1S/C18H14F3N3S/c19-18(20,21)14-6-4-12(5-7-14)10-23-17(25)24-16-3-1-2-13-11-22-9-8-15(13)16/h1-9,11H,10H2,(H2,23,24,25). The highest BCUT2D eigenvalue weighted by molar-refractivity contribution is 7.80. The van der Waals surface area contributed by atoms with Crippen LogP contribution in [0.4, 0.5) is 18.9 Å². The molecule has 2 N–H and O–H groups in total. The molecule has 0 spiro atoms. The number of alkyl halides is 3. The number of fused-ring (bicyclic) bond motifs is 1. The smallest absolute Gasteiger partial charge is 0.358 e.